The molecule has 0 fully saturated rings. The number of rotatable bonds is 6. The highest BCUT2D eigenvalue weighted by Gasteiger charge is 2.00. The van der Waals surface area contributed by atoms with E-state index < -0.39 is 0 Å². The van der Waals surface area contributed by atoms with Crippen LogP contribution in [0.5, 0.6) is 5.75 Å². The molecule has 84 valence electrons. The zero-order chi connectivity index (χ0) is 11.1. The van der Waals surface area contributed by atoms with Crippen LogP contribution < -0.4 is 10.5 Å². The third-order valence-electron chi connectivity index (χ3n) is 2.15. The van der Waals surface area contributed by atoms with E-state index in [1.165, 1.54) is 6.07 Å². The van der Waals surface area contributed by atoms with Crippen LogP contribution in [0.15, 0.2) is 24.3 Å². The summed E-state index contributed by atoms with van der Waals surface area (Å²) in [6.07, 6.45) is 2.92. The van der Waals surface area contributed by atoms with Crippen LogP contribution in [0.3, 0.4) is 0 Å². The van der Waals surface area contributed by atoms with Gasteiger partial charge in [0.15, 0.2) is 11.6 Å². The van der Waals surface area contributed by atoms with Gasteiger partial charge >= 0.3 is 0 Å². The van der Waals surface area contributed by atoms with E-state index in [4.69, 9.17) is 10.5 Å². The van der Waals surface area contributed by atoms with Crippen molar-refractivity contribution in [1.82, 2.24) is 0 Å². The van der Waals surface area contributed by atoms with E-state index in [0.29, 0.717) is 12.4 Å². The van der Waals surface area contributed by atoms with Crippen molar-refractivity contribution < 1.29 is 9.13 Å². The summed E-state index contributed by atoms with van der Waals surface area (Å²) in [5.41, 5.74) is 5.61. The van der Waals surface area contributed by atoms with Crippen molar-refractivity contribution in [1.29, 1.82) is 0 Å². The molecule has 1 aromatic carbocycles. The molecule has 2 N–H and O–H groups in total. The summed E-state index contributed by atoms with van der Waals surface area (Å²) >= 11 is 0. The van der Waals surface area contributed by atoms with Crippen LogP contribution in [0.1, 0.15) is 26.2 Å². The molecule has 1 rings (SSSR count). The lowest BCUT2D eigenvalue weighted by molar-refractivity contribution is 0.289. The van der Waals surface area contributed by atoms with Crippen molar-refractivity contribution in [2.75, 3.05) is 6.61 Å². The molecule has 0 heterocycles. The minimum absolute atomic E-state index is 0.235. The highest BCUT2D eigenvalue weighted by Crippen LogP contribution is 2.15. The first-order chi connectivity index (χ1) is 7.20. The smallest absolute Gasteiger partial charge is 0.165 e. The molecule has 0 aliphatic carbocycles. The highest BCUT2D eigenvalue weighted by molar-refractivity contribution is 5.23. The van der Waals surface area contributed by atoms with Gasteiger partial charge in [0.05, 0.1) is 6.61 Å². The molecule has 1 unspecified atom stereocenters. The Bertz CT molecular complexity index is 289. The monoisotopic (exact) mass is 211 g/mol. The minimum atomic E-state index is -0.301. The number of nitrogens with two attached hydrogens (primary N) is 1. The first kappa shape index (κ1) is 12.0. The van der Waals surface area contributed by atoms with Crippen LogP contribution in [-0.2, 0) is 0 Å². The van der Waals surface area contributed by atoms with Crippen LogP contribution in [-0.4, -0.2) is 12.6 Å². The summed E-state index contributed by atoms with van der Waals surface area (Å²) < 4.78 is 18.4. The van der Waals surface area contributed by atoms with E-state index in [2.05, 4.69) is 0 Å². The molecule has 0 spiro atoms. The standard InChI is InChI=1S/C12H18FNO/c1-10(14)6-4-5-9-15-12-8-3-2-7-11(12)13/h2-3,7-8,10H,4-6,9,14H2,1H3. The molecule has 0 saturated heterocycles. The van der Waals surface area contributed by atoms with E-state index in [9.17, 15) is 4.39 Å². The Kier molecular flexibility index (Phi) is 5.12. The average molecular weight is 211 g/mol. The van der Waals surface area contributed by atoms with Crippen molar-refractivity contribution in [3.63, 3.8) is 0 Å². The lowest BCUT2D eigenvalue weighted by Gasteiger charge is -2.07. The third-order valence-corrected chi connectivity index (χ3v) is 2.15. The molecule has 0 saturated carbocycles. The molecule has 0 radical (unpaired) electrons. The van der Waals surface area contributed by atoms with E-state index in [1.54, 1.807) is 18.2 Å². The molecule has 0 aliphatic heterocycles. The number of benzene rings is 1. The van der Waals surface area contributed by atoms with Gasteiger partial charge in [-0.15, -0.1) is 0 Å². The molecule has 15 heavy (non-hydrogen) atoms. The van der Waals surface area contributed by atoms with Gasteiger partial charge in [-0.2, -0.15) is 0 Å². The number of unbranched alkanes of at least 4 members (excludes halogenated alkanes) is 1. The van der Waals surface area contributed by atoms with Gasteiger partial charge in [0.25, 0.3) is 0 Å². The molecule has 0 aromatic heterocycles. The topological polar surface area (TPSA) is 35.2 Å². The van der Waals surface area contributed by atoms with Crippen LogP contribution in [0.25, 0.3) is 0 Å². The predicted octanol–water partition coefficient (Wildman–Crippen LogP) is 2.72. The summed E-state index contributed by atoms with van der Waals surface area (Å²) in [6.45, 7) is 2.53. The van der Waals surface area contributed by atoms with E-state index in [0.717, 1.165) is 19.3 Å². The highest BCUT2D eigenvalue weighted by atomic mass is 19.1. The van der Waals surface area contributed by atoms with Gasteiger partial charge < -0.3 is 10.5 Å². The fraction of sp³-hybridized carbons (Fsp3) is 0.500. The van der Waals surface area contributed by atoms with E-state index >= 15 is 0 Å². The molecule has 1 atom stereocenters. The maximum absolute atomic E-state index is 13.1. The van der Waals surface area contributed by atoms with Crippen LogP contribution in [0.4, 0.5) is 4.39 Å². The van der Waals surface area contributed by atoms with Gasteiger partial charge in [-0.25, -0.2) is 4.39 Å². The largest absolute Gasteiger partial charge is 0.491 e. The van der Waals surface area contributed by atoms with Gasteiger partial charge in [0.2, 0.25) is 0 Å². The first-order valence-corrected chi connectivity index (χ1v) is 5.33. The number of para-hydroxylation sites is 1. The van der Waals surface area contributed by atoms with Gasteiger partial charge in [-0.1, -0.05) is 12.1 Å². The Morgan fingerprint density at radius 3 is 2.73 bits per heavy atom. The fourth-order valence-electron chi connectivity index (χ4n) is 1.31. The third kappa shape index (κ3) is 4.79. The summed E-state index contributed by atoms with van der Waals surface area (Å²) in [5, 5.41) is 0. The van der Waals surface area contributed by atoms with Crippen molar-refractivity contribution in [3.8, 4) is 5.75 Å². The second-order valence-electron chi connectivity index (χ2n) is 3.75. The molecule has 0 aliphatic rings. The maximum Gasteiger partial charge on any atom is 0.165 e. The normalized spacial score (nSPS) is 12.5. The van der Waals surface area contributed by atoms with Gasteiger partial charge in [-0.05, 0) is 38.3 Å². The Labute approximate surface area is 90.2 Å². The Morgan fingerprint density at radius 2 is 2.07 bits per heavy atom. The first-order valence-electron chi connectivity index (χ1n) is 5.33. The summed E-state index contributed by atoms with van der Waals surface area (Å²) in [7, 11) is 0. The zero-order valence-corrected chi connectivity index (χ0v) is 9.08. The van der Waals surface area contributed by atoms with E-state index in [-0.39, 0.29) is 11.9 Å². The van der Waals surface area contributed by atoms with Crippen molar-refractivity contribution in [3.05, 3.63) is 30.1 Å². The second kappa shape index (κ2) is 6.40. The van der Waals surface area contributed by atoms with Gasteiger partial charge in [0, 0.05) is 6.04 Å². The molecular formula is C12H18FNO. The molecule has 3 heteroatoms. The van der Waals surface area contributed by atoms with Crippen LogP contribution >= 0.6 is 0 Å². The molecule has 1 aromatic rings. The fourth-order valence-corrected chi connectivity index (χ4v) is 1.31. The lowest BCUT2D eigenvalue weighted by Crippen LogP contribution is -2.14. The van der Waals surface area contributed by atoms with Crippen LogP contribution in [0, 0.1) is 5.82 Å². The number of hydrogen-bond donors (Lipinski definition) is 1. The quantitative estimate of drug-likeness (QED) is 0.734. The number of hydrogen-bond acceptors (Lipinski definition) is 2. The molecule has 0 bridgehead atoms. The van der Waals surface area contributed by atoms with Gasteiger partial charge in [0.1, 0.15) is 0 Å². The lowest BCUT2D eigenvalue weighted by atomic mass is 10.1. The molecule has 2 nitrogen and oxygen atoms in total. The summed E-state index contributed by atoms with van der Waals surface area (Å²) in [4.78, 5) is 0. The molecular weight excluding hydrogens is 193 g/mol. The minimum Gasteiger partial charge on any atom is -0.491 e. The second-order valence-corrected chi connectivity index (χ2v) is 3.75. The van der Waals surface area contributed by atoms with Crippen molar-refractivity contribution >= 4 is 0 Å². The van der Waals surface area contributed by atoms with Crippen molar-refractivity contribution in [2.45, 2.75) is 32.2 Å². The Morgan fingerprint density at radius 1 is 1.33 bits per heavy atom. The molecule has 0 amide bonds. The van der Waals surface area contributed by atoms with Gasteiger partial charge in [-0.3, -0.25) is 0 Å². The number of halogens is 1. The Balaban J connectivity index is 2.18. The number of ether oxygens (including phenoxy) is 1. The SMILES string of the molecule is CC(N)CCCCOc1ccccc1F. The predicted molar refractivity (Wildman–Crippen MR) is 59.4 cm³/mol. The Hall–Kier alpha value is -1.09. The van der Waals surface area contributed by atoms with E-state index in [1.807, 2.05) is 6.92 Å². The maximum atomic E-state index is 13.1. The van der Waals surface area contributed by atoms with Crippen LogP contribution in [0.2, 0.25) is 0 Å². The van der Waals surface area contributed by atoms with Crippen molar-refractivity contribution in [2.24, 2.45) is 5.73 Å². The zero-order valence-electron chi connectivity index (χ0n) is 9.08. The summed E-state index contributed by atoms with van der Waals surface area (Å²) in [5.74, 6) is 0.0305. The summed E-state index contributed by atoms with van der Waals surface area (Å²) in [6, 6.07) is 6.69. The average Bonchev–Trinajstić information content (AvgIpc) is 2.20.